The van der Waals surface area contributed by atoms with E-state index >= 15 is 0 Å². The Morgan fingerprint density at radius 1 is 0.486 bits per heavy atom. The third-order valence-electron chi connectivity index (χ3n) is 6.95. The standard InChI is InChI=1S/C32H62O5/c1-28(2)22-18-14-10-7-5-6-8-12-16-20-24-31(34)36-26-30(33)27-37-32(35)25-21-17-13-9-11-15-19-23-29(3)4/h28-30,33H,5-27H2,1-4H3/t30-/m1/s1. The van der Waals surface area contributed by atoms with Gasteiger partial charge in [-0.2, -0.15) is 0 Å². The lowest BCUT2D eigenvalue weighted by Gasteiger charge is -2.12. The van der Waals surface area contributed by atoms with Gasteiger partial charge < -0.3 is 14.6 Å². The molecule has 0 fully saturated rings. The second-order valence-corrected chi connectivity index (χ2v) is 11.9. The zero-order valence-corrected chi connectivity index (χ0v) is 25.1. The summed E-state index contributed by atoms with van der Waals surface area (Å²) in [5, 5.41) is 9.92. The van der Waals surface area contributed by atoms with E-state index in [9.17, 15) is 14.7 Å². The van der Waals surface area contributed by atoms with Gasteiger partial charge in [0.15, 0.2) is 0 Å². The highest BCUT2D eigenvalue weighted by atomic mass is 16.6. The van der Waals surface area contributed by atoms with E-state index in [1.54, 1.807) is 0 Å². The first kappa shape index (κ1) is 35.9. The van der Waals surface area contributed by atoms with Gasteiger partial charge in [-0.15, -0.1) is 0 Å². The highest BCUT2D eigenvalue weighted by Crippen LogP contribution is 2.15. The molecule has 1 N–H and O–H groups in total. The van der Waals surface area contributed by atoms with Crippen molar-refractivity contribution in [1.29, 1.82) is 0 Å². The fourth-order valence-corrected chi connectivity index (χ4v) is 4.51. The van der Waals surface area contributed by atoms with Gasteiger partial charge in [-0.1, -0.05) is 137 Å². The van der Waals surface area contributed by atoms with Crippen LogP contribution >= 0.6 is 0 Å². The number of hydrogen-bond acceptors (Lipinski definition) is 5. The van der Waals surface area contributed by atoms with Crippen molar-refractivity contribution in [3.8, 4) is 0 Å². The highest BCUT2D eigenvalue weighted by molar-refractivity contribution is 5.69. The zero-order valence-electron chi connectivity index (χ0n) is 25.1. The minimum atomic E-state index is -0.955. The van der Waals surface area contributed by atoms with E-state index in [2.05, 4.69) is 27.7 Å². The molecule has 37 heavy (non-hydrogen) atoms. The minimum absolute atomic E-state index is 0.111. The van der Waals surface area contributed by atoms with Crippen LogP contribution in [0, 0.1) is 11.8 Å². The second-order valence-electron chi connectivity index (χ2n) is 11.9. The third kappa shape index (κ3) is 29.3. The van der Waals surface area contributed by atoms with Crippen molar-refractivity contribution < 1.29 is 24.2 Å². The maximum Gasteiger partial charge on any atom is 0.305 e. The van der Waals surface area contributed by atoms with Gasteiger partial charge in [-0.25, -0.2) is 0 Å². The number of hydrogen-bond donors (Lipinski definition) is 1. The van der Waals surface area contributed by atoms with Crippen LogP contribution in [0.15, 0.2) is 0 Å². The van der Waals surface area contributed by atoms with Crippen molar-refractivity contribution in [2.45, 2.75) is 169 Å². The molecule has 0 aliphatic rings. The average Bonchev–Trinajstić information content (AvgIpc) is 2.85. The number of rotatable bonds is 27. The van der Waals surface area contributed by atoms with Crippen LogP contribution in [0.5, 0.6) is 0 Å². The number of aliphatic hydroxyl groups excluding tert-OH is 1. The monoisotopic (exact) mass is 526 g/mol. The lowest BCUT2D eigenvalue weighted by molar-refractivity contribution is -0.152. The fourth-order valence-electron chi connectivity index (χ4n) is 4.51. The van der Waals surface area contributed by atoms with Crippen molar-refractivity contribution >= 4 is 11.9 Å². The molecule has 0 saturated heterocycles. The molecule has 0 spiro atoms. The lowest BCUT2D eigenvalue weighted by Crippen LogP contribution is -2.25. The Hall–Kier alpha value is -1.10. The molecular weight excluding hydrogens is 464 g/mol. The molecule has 0 aliphatic carbocycles. The first-order valence-corrected chi connectivity index (χ1v) is 15.8. The van der Waals surface area contributed by atoms with E-state index < -0.39 is 6.10 Å². The molecule has 0 bridgehead atoms. The first-order chi connectivity index (χ1) is 17.8. The molecule has 0 rings (SSSR count). The molecule has 0 radical (unpaired) electrons. The highest BCUT2D eigenvalue weighted by Gasteiger charge is 2.12. The molecule has 1 atom stereocenters. The number of carbonyl (C=O) groups is 2. The van der Waals surface area contributed by atoms with Crippen LogP contribution in [0.25, 0.3) is 0 Å². The van der Waals surface area contributed by atoms with Crippen LogP contribution in [-0.2, 0) is 19.1 Å². The summed E-state index contributed by atoms with van der Waals surface area (Å²) in [7, 11) is 0. The Morgan fingerprint density at radius 3 is 1.05 bits per heavy atom. The van der Waals surface area contributed by atoms with Gasteiger partial charge in [0.2, 0.25) is 0 Å². The molecule has 0 amide bonds. The van der Waals surface area contributed by atoms with E-state index in [-0.39, 0.29) is 25.2 Å². The van der Waals surface area contributed by atoms with Gasteiger partial charge in [-0.05, 0) is 24.7 Å². The first-order valence-electron chi connectivity index (χ1n) is 15.8. The number of unbranched alkanes of at least 4 members (excludes halogenated alkanes) is 15. The maximum atomic E-state index is 11.9. The average molecular weight is 527 g/mol. The summed E-state index contributed by atoms with van der Waals surface area (Å²) in [6.07, 6.45) is 23.0. The molecular formula is C32H62O5. The minimum Gasteiger partial charge on any atom is -0.463 e. The molecule has 0 aromatic carbocycles. The van der Waals surface area contributed by atoms with Crippen molar-refractivity contribution in [2.75, 3.05) is 13.2 Å². The van der Waals surface area contributed by atoms with Crippen LogP contribution in [0.2, 0.25) is 0 Å². The third-order valence-corrected chi connectivity index (χ3v) is 6.95. The van der Waals surface area contributed by atoms with E-state index in [1.807, 2.05) is 0 Å². The Balaban J connectivity index is 3.43. The van der Waals surface area contributed by atoms with Crippen LogP contribution in [-0.4, -0.2) is 36.4 Å². The van der Waals surface area contributed by atoms with Crippen molar-refractivity contribution in [2.24, 2.45) is 11.8 Å². The molecule has 5 heteroatoms. The van der Waals surface area contributed by atoms with Crippen LogP contribution < -0.4 is 0 Å². The smallest absolute Gasteiger partial charge is 0.305 e. The van der Waals surface area contributed by atoms with Gasteiger partial charge in [-0.3, -0.25) is 9.59 Å². The Morgan fingerprint density at radius 2 is 0.757 bits per heavy atom. The summed E-state index contributed by atoms with van der Waals surface area (Å²) in [6, 6.07) is 0. The Bertz CT molecular complexity index is 517. The van der Waals surface area contributed by atoms with E-state index in [1.165, 1.54) is 83.5 Å². The Labute approximate surface area is 229 Å². The van der Waals surface area contributed by atoms with Crippen LogP contribution in [0.1, 0.15) is 163 Å². The van der Waals surface area contributed by atoms with E-state index in [0.29, 0.717) is 12.8 Å². The largest absolute Gasteiger partial charge is 0.463 e. The van der Waals surface area contributed by atoms with Crippen LogP contribution in [0.3, 0.4) is 0 Å². The molecule has 5 nitrogen and oxygen atoms in total. The molecule has 0 aromatic heterocycles. The molecule has 0 unspecified atom stereocenters. The topological polar surface area (TPSA) is 72.8 Å². The predicted octanol–water partition coefficient (Wildman–Crippen LogP) is 8.94. The zero-order chi connectivity index (χ0) is 27.6. The van der Waals surface area contributed by atoms with Gasteiger partial charge in [0, 0.05) is 12.8 Å². The summed E-state index contributed by atoms with van der Waals surface area (Å²) in [5.41, 5.74) is 0. The van der Waals surface area contributed by atoms with Gasteiger partial charge in [0.05, 0.1) is 0 Å². The normalized spacial score (nSPS) is 12.3. The molecule has 220 valence electrons. The van der Waals surface area contributed by atoms with Gasteiger partial charge in [0.1, 0.15) is 19.3 Å². The van der Waals surface area contributed by atoms with Gasteiger partial charge >= 0.3 is 11.9 Å². The van der Waals surface area contributed by atoms with E-state index in [4.69, 9.17) is 9.47 Å². The number of ether oxygens (including phenoxy) is 2. The van der Waals surface area contributed by atoms with Gasteiger partial charge in [0.25, 0.3) is 0 Å². The summed E-state index contributed by atoms with van der Waals surface area (Å²) >= 11 is 0. The summed E-state index contributed by atoms with van der Waals surface area (Å²) < 4.78 is 10.2. The summed E-state index contributed by atoms with van der Waals surface area (Å²) in [5.74, 6) is 1.06. The van der Waals surface area contributed by atoms with Crippen molar-refractivity contribution in [3.05, 3.63) is 0 Å². The molecule has 0 aliphatic heterocycles. The number of esters is 2. The fraction of sp³-hybridized carbons (Fsp3) is 0.938. The second kappa shape index (κ2) is 26.5. The lowest BCUT2D eigenvalue weighted by atomic mass is 10.0. The molecule has 0 saturated carbocycles. The van der Waals surface area contributed by atoms with Crippen molar-refractivity contribution in [3.63, 3.8) is 0 Å². The number of aliphatic hydroxyl groups is 1. The molecule has 0 heterocycles. The SMILES string of the molecule is CC(C)CCCCCCCCCCCCC(=O)OC[C@@H](O)COC(=O)CCCCCCCCCC(C)C. The predicted molar refractivity (Wildman–Crippen MR) is 155 cm³/mol. The maximum absolute atomic E-state index is 11.9. The molecule has 0 aromatic rings. The summed E-state index contributed by atoms with van der Waals surface area (Å²) in [4.78, 5) is 23.7. The van der Waals surface area contributed by atoms with Crippen molar-refractivity contribution in [1.82, 2.24) is 0 Å². The number of carbonyl (C=O) groups excluding carboxylic acids is 2. The van der Waals surface area contributed by atoms with E-state index in [0.717, 1.165) is 50.4 Å². The summed E-state index contributed by atoms with van der Waals surface area (Å²) in [6.45, 7) is 8.91. The van der Waals surface area contributed by atoms with Crippen LogP contribution in [0.4, 0.5) is 0 Å². The Kier molecular flexibility index (Phi) is 25.7. The quantitative estimate of drug-likeness (QED) is 0.0854.